The Morgan fingerprint density at radius 2 is 1.83 bits per heavy atom. The van der Waals surface area contributed by atoms with E-state index in [1.54, 1.807) is 20.9 Å². The molecule has 0 saturated carbocycles. The maximum absolute atomic E-state index is 11.3. The van der Waals surface area contributed by atoms with Gasteiger partial charge in [0.05, 0.1) is 11.4 Å². The van der Waals surface area contributed by atoms with Gasteiger partial charge in [-0.15, -0.1) is 11.6 Å². The highest BCUT2D eigenvalue weighted by molar-refractivity contribution is 6.29. The Bertz CT molecular complexity index is 201. The summed E-state index contributed by atoms with van der Waals surface area (Å²) in [5.41, 5.74) is -0.798. The van der Waals surface area contributed by atoms with Crippen LogP contribution in [0.4, 0.5) is 0 Å². The molecule has 0 fully saturated rings. The number of carbonyl (C=O) groups is 2. The summed E-state index contributed by atoms with van der Waals surface area (Å²) in [6.45, 7) is 4.78. The summed E-state index contributed by atoms with van der Waals surface area (Å²) in [6.07, 6.45) is 0. The SMILES string of the molecule is CC(=O)N(C)C(C)(C)C(=O)CCl. The van der Waals surface area contributed by atoms with E-state index in [0.29, 0.717) is 0 Å². The zero-order valence-electron chi connectivity index (χ0n) is 7.85. The zero-order valence-corrected chi connectivity index (χ0v) is 8.60. The fraction of sp³-hybridized carbons (Fsp3) is 0.750. The first-order chi connectivity index (χ1) is 5.34. The molecular formula is C8H14ClNO2. The summed E-state index contributed by atoms with van der Waals surface area (Å²) < 4.78 is 0. The van der Waals surface area contributed by atoms with Crippen molar-refractivity contribution in [2.75, 3.05) is 12.9 Å². The molecule has 0 bridgehead atoms. The van der Waals surface area contributed by atoms with Gasteiger partial charge in [-0.2, -0.15) is 0 Å². The first-order valence-corrected chi connectivity index (χ1v) is 4.21. The third kappa shape index (κ3) is 2.21. The summed E-state index contributed by atoms with van der Waals surface area (Å²) in [7, 11) is 1.59. The number of likely N-dealkylation sites (N-methyl/N-ethyl adjacent to an activating group) is 1. The minimum Gasteiger partial charge on any atom is -0.334 e. The second-order valence-corrected chi connectivity index (χ2v) is 3.46. The monoisotopic (exact) mass is 191 g/mol. The maximum Gasteiger partial charge on any atom is 0.219 e. The number of hydrogen-bond donors (Lipinski definition) is 0. The molecule has 4 heteroatoms. The van der Waals surface area contributed by atoms with Gasteiger partial charge in [0.1, 0.15) is 0 Å². The lowest BCUT2D eigenvalue weighted by Gasteiger charge is -2.32. The Morgan fingerprint density at radius 3 is 2.08 bits per heavy atom. The number of hydrogen-bond acceptors (Lipinski definition) is 2. The van der Waals surface area contributed by atoms with Crippen molar-refractivity contribution < 1.29 is 9.59 Å². The van der Waals surface area contributed by atoms with Gasteiger partial charge in [-0.25, -0.2) is 0 Å². The van der Waals surface area contributed by atoms with Gasteiger partial charge in [-0.3, -0.25) is 9.59 Å². The lowest BCUT2D eigenvalue weighted by Crippen LogP contribution is -2.50. The average molecular weight is 192 g/mol. The van der Waals surface area contributed by atoms with E-state index >= 15 is 0 Å². The fourth-order valence-electron chi connectivity index (χ4n) is 0.744. The molecule has 0 heterocycles. The van der Waals surface area contributed by atoms with Crippen molar-refractivity contribution in [2.45, 2.75) is 26.3 Å². The van der Waals surface area contributed by atoms with Crippen molar-refractivity contribution in [3.8, 4) is 0 Å². The molecule has 0 aromatic heterocycles. The molecule has 0 N–H and O–H groups in total. The Balaban J connectivity index is 4.60. The molecule has 0 aromatic rings. The first-order valence-electron chi connectivity index (χ1n) is 3.67. The molecule has 0 aliphatic heterocycles. The van der Waals surface area contributed by atoms with Gasteiger partial charge in [0.15, 0.2) is 5.78 Å². The highest BCUT2D eigenvalue weighted by Gasteiger charge is 2.32. The van der Waals surface area contributed by atoms with Crippen LogP contribution in [-0.2, 0) is 9.59 Å². The number of alkyl halides is 1. The smallest absolute Gasteiger partial charge is 0.219 e. The Hall–Kier alpha value is -0.570. The van der Waals surface area contributed by atoms with Crippen molar-refractivity contribution in [3.05, 3.63) is 0 Å². The number of nitrogens with zero attached hydrogens (tertiary/aromatic N) is 1. The molecule has 70 valence electrons. The van der Waals surface area contributed by atoms with Crippen LogP contribution in [0.25, 0.3) is 0 Å². The van der Waals surface area contributed by atoms with E-state index in [1.165, 1.54) is 11.8 Å². The van der Waals surface area contributed by atoms with Crippen molar-refractivity contribution in [1.29, 1.82) is 0 Å². The van der Waals surface area contributed by atoms with Crippen LogP contribution in [-0.4, -0.2) is 35.1 Å². The Kier molecular flexibility index (Phi) is 3.71. The standard InChI is InChI=1S/C8H14ClNO2/c1-6(11)10(4)8(2,3)7(12)5-9/h5H2,1-4H3. The summed E-state index contributed by atoms with van der Waals surface area (Å²) in [5, 5.41) is 0. The normalized spacial score (nSPS) is 11.1. The van der Waals surface area contributed by atoms with Crippen molar-refractivity contribution in [2.24, 2.45) is 0 Å². The molecule has 0 aliphatic carbocycles. The topological polar surface area (TPSA) is 37.4 Å². The third-order valence-corrected chi connectivity index (χ3v) is 2.36. The van der Waals surface area contributed by atoms with Crippen LogP contribution in [0.2, 0.25) is 0 Å². The van der Waals surface area contributed by atoms with Crippen molar-refractivity contribution in [3.63, 3.8) is 0 Å². The lowest BCUT2D eigenvalue weighted by atomic mass is 9.98. The molecule has 0 rings (SSSR count). The quantitative estimate of drug-likeness (QED) is 0.626. The summed E-state index contributed by atoms with van der Waals surface area (Å²) in [5.74, 6) is -0.356. The molecule has 0 radical (unpaired) electrons. The third-order valence-electron chi connectivity index (χ3n) is 2.11. The fourth-order valence-corrected chi connectivity index (χ4v) is 1.07. The predicted octanol–water partition coefficient (Wildman–Crippen LogP) is 1.05. The maximum atomic E-state index is 11.3. The van der Waals surface area contributed by atoms with Crippen LogP contribution in [0.15, 0.2) is 0 Å². The molecule has 3 nitrogen and oxygen atoms in total. The molecule has 0 saturated heterocycles. The van der Waals surface area contributed by atoms with Crippen LogP contribution < -0.4 is 0 Å². The second-order valence-electron chi connectivity index (χ2n) is 3.19. The summed E-state index contributed by atoms with van der Waals surface area (Å²) in [4.78, 5) is 23.6. The molecular weight excluding hydrogens is 178 g/mol. The van der Waals surface area contributed by atoms with E-state index in [2.05, 4.69) is 0 Å². The second kappa shape index (κ2) is 3.90. The summed E-state index contributed by atoms with van der Waals surface area (Å²) >= 11 is 5.40. The van der Waals surface area contributed by atoms with Gasteiger partial charge in [0, 0.05) is 14.0 Å². The molecule has 12 heavy (non-hydrogen) atoms. The Morgan fingerprint density at radius 1 is 1.42 bits per heavy atom. The molecule has 1 amide bonds. The Labute approximate surface area is 77.7 Å². The number of halogens is 1. The predicted molar refractivity (Wildman–Crippen MR) is 48.3 cm³/mol. The molecule has 0 aliphatic rings. The number of ketones is 1. The number of amides is 1. The first kappa shape index (κ1) is 11.4. The van der Waals surface area contributed by atoms with Gasteiger partial charge < -0.3 is 4.90 Å². The number of rotatable bonds is 3. The van der Waals surface area contributed by atoms with E-state index in [1.807, 2.05) is 0 Å². The van der Waals surface area contributed by atoms with Crippen molar-refractivity contribution >= 4 is 23.3 Å². The van der Waals surface area contributed by atoms with Crippen LogP contribution >= 0.6 is 11.6 Å². The van der Waals surface area contributed by atoms with Crippen LogP contribution in [0, 0.1) is 0 Å². The van der Waals surface area contributed by atoms with Crippen molar-refractivity contribution in [1.82, 2.24) is 4.90 Å². The van der Waals surface area contributed by atoms with E-state index in [9.17, 15) is 9.59 Å². The van der Waals surface area contributed by atoms with Gasteiger partial charge >= 0.3 is 0 Å². The van der Waals surface area contributed by atoms with E-state index < -0.39 is 5.54 Å². The van der Waals surface area contributed by atoms with Gasteiger partial charge in [0.25, 0.3) is 0 Å². The number of Topliss-reactive ketones (excluding diaryl/α,β-unsaturated/α-hetero) is 1. The zero-order chi connectivity index (χ0) is 9.94. The van der Waals surface area contributed by atoms with Gasteiger partial charge in [-0.05, 0) is 13.8 Å². The van der Waals surface area contributed by atoms with E-state index in [4.69, 9.17) is 11.6 Å². The van der Waals surface area contributed by atoms with E-state index in [0.717, 1.165) is 0 Å². The van der Waals surface area contributed by atoms with Crippen LogP contribution in [0.3, 0.4) is 0 Å². The molecule has 0 spiro atoms. The molecule has 0 atom stereocenters. The molecule has 0 aromatic carbocycles. The minimum atomic E-state index is -0.798. The van der Waals surface area contributed by atoms with Crippen LogP contribution in [0.5, 0.6) is 0 Å². The van der Waals surface area contributed by atoms with Gasteiger partial charge in [0.2, 0.25) is 5.91 Å². The minimum absolute atomic E-state index is 0.0649. The average Bonchev–Trinajstić information content (AvgIpc) is 2.01. The van der Waals surface area contributed by atoms with Gasteiger partial charge in [-0.1, -0.05) is 0 Å². The largest absolute Gasteiger partial charge is 0.334 e. The summed E-state index contributed by atoms with van der Waals surface area (Å²) in [6, 6.07) is 0. The lowest BCUT2D eigenvalue weighted by molar-refractivity contribution is -0.140. The highest BCUT2D eigenvalue weighted by Crippen LogP contribution is 2.14. The molecule has 0 unspecified atom stereocenters. The van der Waals surface area contributed by atoms with E-state index in [-0.39, 0.29) is 17.6 Å². The number of carbonyl (C=O) groups excluding carboxylic acids is 2. The van der Waals surface area contributed by atoms with Crippen LogP contribution in [0.1, 0.15) is 20.8 Å². The highest BCUT2D eigenvalue weighted by atomic mass is 35.5.